The summed E-state index contributed by atoms with van der Waals surface area (Å²) in [5.41, 5.74) is 1.06. The molecule has 1 aromatic rings. The summed E-state index contributed by atoms with van der Waals surface area (Å²) in [5, 5.41) is 17.7. The quantitative estimate of drug-likeness (QED) is 0.768. The summed E-state index contributed by atoms with van der Waals surface area (Å²) < 4.78 is 0. The van der Waals surface area contributed by atoms with Crippen LogP contribution in [0.2, 0.25) is 0 Å². The van der Waals surface area contributed by atoms with Crippen molar-refractivity contribution in [2.45, 2.75) is 20.8 Å². The Balaban J connectivity index is 3.65. The van der Waals surface area contributed by atoms with Crippen molar-refractivity contribution in [1.29, 1.82) is 0 Å². The predicted molar refractivity (Wildman–Crippen MR) is 52.4 cm³/mol. The van der Waals surface area contributed by atoms with E-state index in [1.165, 1.54) is 0 Å². The minimum atomic E-state index is -1.32. The molecule has 2 N–H and O–H groups in total. The van der Waals surface area contributed by atoms with E-state index in [2.05, 4.69) is 4.98 Å². The highest BCUT2D eigenvalue weighted by atomic mass is 16.4. The molecule has 0 radical (unpaired) electrons. The molecule has 1 heterocycles. The number of carbonyl (C=O) groups is 2. The van der Waals surface area contributed by atoms with Crippen molar-refractivity contribution < 1.29 is 19.8 Å². The molecule has 0 aliphatic carbocycles. The van der Waals surface area contributed by atoms with E-state index in [0.717, 1.165) is 0 Å². The number of pyridine rings is 1. The number of carboxylic acids is 2. The molecular weight excluding hydrogens is 198 g/mol. The molecule has 0 atom stereocenters. The van der Waals surface area contributed by atoms with E-state index in [1.54, 1.807) is 20.8 Å². The van der Waals surface area contributed by atoms with Crippen LogP contribution in [0.1, 0.15) is 37.7 Å². The van der Waals surface area contributed by atoms with E-state index in [1.807, 2.05) is 0 Å². The second-order valence-corrected chi connectivity index (χ2v) is 3.28. The van der Waals surface area contributed by atoms with Gasteiger partial charge in [-0.05, 0) is 31.9 Å². The Morgan fingerprint density at radius 2 is 1.53 bits per heavy atom. The standard InChI is InChI=1S/C10H11NO4/c1-4-5(2)7(9(12)13)8(10(14)15)11-6(4)3/h1-3H3,(H,12,13)(H,14,15). The number of aryl methyl sites for hydroxylation is 1. The van der Waals surface area contributed by atoms with E-state index in [9.17, 15) is 9.59 Å². The molecule has 5 heteroatoms. The molecule has 15 heavy (non-hydrogen) atoms. The van der Waals surface area contributed by atoms with Gasteiger partial charge in [0, 0.05) is 5.69 Å². The van der Waals surface area contributed by atoms with Gasteiger partial charge in [0.2, 0.25) is 0 Å². The first-order chi connectivity index (χ1) is 6.86. The molecule has 1 aromatic heterocycles. The maximum absolute atomic E-state index is 10.9. The smallest absolute Gasteiger partial charge is 0.355 e. The molecule has 1 rings (SSSR count). The van der Waals surface area contributed by atoms with E-state index >= 15 is 0 Å². The van der Waals surface area contributed by atoms with Gasteiger partial charge in [-0.25, -0.2) is 14.6 Å². The van der Waals surface area contributed by atoms with Gasteiger partial charge in [0.15, 0.2) is 5.69 Å². The Bertz CT molecular complexity index is 451. The van der Waals surface area contributed by atoms with Crippen molar-refractivity contribution in [1.82, 2.24) is 4.98 Å². The largest absolute Gasteiger partial charge is 0.478 e. The molecule has 0 spiro atoms. The van der Waals surface area contributed by atoms with E-state index < -0.39 is 17.6 Å². The first-order valence-corrected chi connectivity index (χ1v) is 4.30. The monoisotopic (exact) mass is 209 g/mol. The fourth-order valence-electron chi connectivity index (χ4n) is 1.36. The summed E-state index contributed by atoms with van der Waals surface area (Å²) in [7, 11) is 0. The highest BCUT2D eigenvalue weighted by Crippen LogP contribution is 2.19. The van der Waals surface area contributed by atoms with Crippen LogP contribution in [0, 0.1) is 20.8 Å². The van der Waals surface area contributed by atoms with Crippen molar-refractivity contribution >= 4 is 11.9 Å². The zero-order chi connectivity index (χ0) is 11.7. The zero-order valence-corrected chi connectivity index (χ0v) is 8.66. The normalized spacial score (nSPS) is 10.1. The maximum Gasteiger partial charge on any atom is 0.355 e. The van der Waals surface area contributed by atoms with Crippen LogP contribution in [0.25, 0.3) is 0 Å². The van der Waals surface area contributed by atoms with Crippen LogP contribution in [0.15, 0.2) is 0 Å². The van der Waals surface area contributed by atoms with Crippen molar-refractivity contribution in [2.75, 3.05) is 0 Å². The second-order valence-electron chi connectivity index (χ2n) is 3.28. The summed E-state index contributed by atoms with van der Waals surface area (Å²) in [6, 6.07) is 0. The fourth-order valence-corrected chi connectivity index (χ4v) is 1.36. The Kier molecular flexibility index (Phi) is 2.74. The van der Waals surface area contributed by atoms with E-state index in [0.29, 0.717) is 16.8 Å². The van der Waals surface area contributed by atoms with Crippen LogP contribution >= 0.6 is 0 Å². The van der Waals surface area contributed by atoms with Crippen molar-refractivity contribution in [3.8, 4) is 0 Å². The minimum absolute atomic E-state index is 0.231. The third-order valence-corrected chi connectivity index (χ3v) is 2.41. The Morgan fingerprint density at radius 1 is 1.00 bits per heavy atom. The van der Waals surface area contributed by atoms with Gasteiger partial charge in [0.1, 0.15) is 0 Å². The third-order valence-electron chi connectivity index (χ3n) is 2.41. The van der Waals surface area contributed by atoms with Gasteiger partial charge in [-0.2, -0.15) is 0 Å². The van der Waals surface area contributed by atoms with Crippen molar-refractivity contribution in [2.24, 2.45) is 0 Å². The Morgan fingerprint density at radius 3 is 1.93 bits per heavy atom. The number of rotatable bonds is 2. The molecule has 0 saturated heterocycles. The number of hydrogen-bond donors (Lipinski definition) is 2. The number of nitrogens with zero attached hydrogens (tertiary/aromatic N) is 1. The summed E-state index contributed by atoms with van der Waals surface area (Å²) in [5.74, 6) is -2.58. The van der Waals surface area contributed by atoms with Crippen molar-refractivity contribution in [3.05, 3.63) is 28.1 Å². The fraction of sp³-hybridized carbons (Fsp3) is 0.300. The Labute approximate surface area is 86.4 Å². The lowest BCUT2D eigenvalue weighted by Gasteiger charge is -2.10. The minimum Gasteiger partial charge on any atom is -0.478 e. The van der Waals surface area contributed by atoms with Crippen molar-refractivity contribution in [3.63, 3.8) is 0 Å². The van der Waals surface area contributed by atoms with Gasteiger partial charge >= 0.3 is 11.9 Å². The topological polar surface area (TPSA) is 87.5 Å². The van der Waals surface area contributed by atoms with Crippen LogP contribution < -0.4 is 0 Å². The molecule has 0 aromatic carbocycles. The van der Waals surface area contributed by atoms with Gasteiger partial charge < -0.3 is 10.2 Å². The SMILES string of the molecule is Cc1nc(C(=O)O)c(C(=O)O)c(C)c1C. The van der Waals surface area contributed by atoms with Crippen LogP contribution in [-0.2, 0) is 0 Å². The number of carboxylic acid groups (broad SMARTS) is 2. The molecule has 0 aliphatic heterocycles. The van der Waals surface area contributed by atoms with E-state index in [4.69, 9.17) is 10.2 Å². The summed E-state index contributed by atoms with van der Waals surface area (Å²) in [6.45, 7) is 4.95. The zero-order valence-electron chi connectivity index (χ0n) is 8.66. The van der Waals surface area contributed by atoms with Crippen LogP contribution in [0.4, 0.5) is 0 Å². The van der Waals surface area contributed by atoms with E-state index in [-0.39, 0.29) is 5.56 Å². The van der Waals surface area contributed by atoms with Gasteiger partial charge in [-0.3, -0.25) is 0 Å². The van der Waals surface area contributed by atoms with Gasteiger partial charge in [0.05, 0.1) is 5.56 Å². The van der Waals surface area contributed by atoms with Gasteiger partial charge in [-0.15, -0.1) is 0 Å². The molecule has 0 amide bonds. The predicted octanol–water partition coefficient (Wildman–Crippen LogP) is 1.40. The number of aromatic carboxylic acids is 2. The lowest BCUT2D eigenvalue weighted by molar-refractivity contribution is 0.0645. The molecule has 0 aliphatic rings. The maximum atomic E-state index is 10.9. The lowest BCUT2D eigenvalue weighted by Crippen LogP contribution is -2.15. The van der Waals surface area contributed by atoms with Gasteiger partial charge in [0.25, 0.3) is 0 Å². The summed E-state index contributed by atoms with van der Waals surface area (Å²) >= 11 is 0. The first-order valence-electron chi connectivity index (χ1n) is 4.30. The molecule has 0 bridgehead atoms. The number of hydrogen-bond acceptors (Lipinski definition) is 3. The second kappa shape index (κ2) is 3.68. The van der Waals surface area contributed by atoms with Crippen LogP contribution in [0.3, 0.4) is 0 Å². The Hall–Kier alpha value is -1.91. The van der Waals surface area contributed by atoms with Crippen LogP contribution in [0.5, 0.6) is 0 Å². The molecule has 0 unspecified atom stereocenters. The third kappa shape index (κ3) is 1.81. The average molecular weight is 209 g/mol. The summed E-state index contributed by atoms with van der Waals surface area (Å²) in [6.07, 6.45) is 0. The first kappa shape index (κ1) is 11.2. The highest BCUT2D eigenvalue weighted by molar-refractivity contribution is 6.01. The average Bonchev–Trinajstić information content (AvgIpc) is 2.12. The summed E-state index contributed by atoms with van der Waals surface area (Å²) in [4.78, 5) is 25.5. The molecule has 0 saturated carbocycles. The molecule has 5 nitrogen and oxygen atoms in total. The van der Waals surface area contributed by atoms with Gasteiger partial charge in [-0.1, -0.05) is 0 Å². The highest BCUT2D eigenvalue weighted by Gasteiger charge is 2.22. The lowest BCUT2D eigenvalue weighted by atomic mass is 10.0. The molecule has 80 valence electrons. The number of aromatic nitrogens is 1. The molecule has 0 fully saturated rings. The molecular formula is C10H11NO4. The van der Waals surface area contributed by atoms with Crippen LogP contribution in [-0.4, -0.2) is 27.1 Å².